The first-order chi connectivity index (χ1) is 10.2. The number of hydrogen-bond acceptors (Lipinski definition) is 3. The van der Waals surface area contributed by atoms with Gasteiger partial charge in [-0.2, -0.15) is 0 Å². The van der Waals surface area contributed by atoms with Gasteiger partial charge in [-0.25, -0.2) is 4.79 Å². The molecule has 4 nitrogen and oxygen atoms in total. The minimum Gasteiger partial charge on any atom is -0.444 e. The Bertz CT molecular complexity index is 640. The molecule has 1 atom stereocenters. The third-order valence-corrected chi connectivity index (χ3v) is 3.58. The van der Waals surface area contributed by atoms with E-state index >= 15 is 0 Å². The lowest BCUT2D eigenvalue weighted by atomic mass is 10.1. The molecule has 0 saturated carbocycles. The van der Waals surface area contributed by atoms with Crippen molar-refractivity contribution in [2.45, 2.75) is 25.6 Å². The van der Waals surface area contributed by atoms with Crippen LogP contribution in [0.25, 0.3) is 0 Å². The van der Waals surface area contributed by atoms with E-state index in [0.717, 1.165) is 16.7 Å². The Balaban J connectivity index is 1.57. The monoisotopic (exact) mass is 283 g/mol. The molecule has 0 radical (unpaired) electrons. The quantitative estimate of drug-likeness (QED) is 0.910. The summed E-state index contributed by atoms with van der Waals surface area (Å²) in [6.07, 6.45) is 0.551. The SMILES string of the molecule is O=C(Nc1ccc2c(c1)CC(O)C2)OCc1ccccc1. The first kappa shape index (κ1) is 13.6. The van der Waals surface area contributed by atoms with Crippen LogP contribution >= 0.6 is 0 Å². The maximum absolute atomic E-state index is 11.8. The first-order valence-corrected chi connectivity index (χ1v) is 6.98. The Labute approximate surface area is 123 Å². The number of rotatable bonds is 3. The van der Waals surface area contributed by atoms with Gasteiger partial charge >= 0.3 is 6.09 Å². The molecule has 2 aromatic rings. The molecular formula is C17H17NO3. The molecule has 2 N–H and O–H groups in total. The van der Waals surface area contributed by atoms with Gasteiger partial charge in [-0.05, 0) is 41.7 Å². The molecule has 1 aliphatic rings. The summed E-state index contributed by atoms with van der Waals surface area (Å²) in [5.41, 5.74) is 3.87. The molecule has 108 valence electrons. The molecule has 0 aromatic heterocycles. The first-order valence-electron chi connectivity index (χ1n) is 6.98. The van der Waals surface area contributed by atoms with Crippen molar-refractivity contribution in [3.63, 3.8) is 0 Å². The normalized spacial score (nSPS) is 16.3. The topological polar surface area (TPSA) is 58.6 Å². The van der Waals surface area contributed by atoms with Crippen molar-refractivity contribution in [2.24, 2.45) is 0 Å². The number of carbonyl (C=O) groups excluding carboxylic acids is 1. The zero-order chi connectivity index (χ0) is 14.7. The van der Waals surface area contributed by atoms with Crippen molar-refractivity contribution < 1.29 is 14.6 Å². The number of ether oxygens (including phenoxy) is 1. The summed E-state index contributed by atoms with van der Waals surface area (Å²) in [4.78, 5) is 11.8. The second-order valence-electron chi connectivity index (χ2n) is 5.23. The van der Waals surface area contributed by atoms with Crippen LogP contribution in [0.2, 0.25) is 0 Å². The summed E-state index contributed by atoms with van der Waals surface area (Å²) in [6, 6.07) is 15.2. The molecule has 0 spiro atoms. The average Bonchev–Trinajstić information content (AvgIpc) is 2.85. The van der Waals surface area contributed by atoms with Gasteiger partial charge in [0.25, 0.3) is 0 Å². The standard InChI is InChI=1S/C17H17NO3/c19-16-9-13-6-7-15(8-14(13)10-16)18-17(20)21-11-12-4-2-1-3-5-12/h1-8,16,19H,9-11H2,(H,18,20). The van der Waals surface area contributed by atoms with E-state index in [0.29, 0.717) is 18.5 Å². The van der Waals surface area contributed by atoms with Crippen LogP contribution in [0.15, 0.2) is 48.5 Å². The highest BCUT2D eigenvalue weighted by Crippen LogP contribution is 2.25. The Morgan fingerprint density at radius 2 is 1.90 bits per heavy atom. The number of nitrogens with one attached hydrogen (secondary N) is 1. The third kappa shape index (κ3) is 3.41. The van der Waals surface area contributed by atoms with Crippen LogP contribution in [0.3, 0.4) is 0 Å². The van der Waals surface area contributed by atoms with Gasteiger partial charge in [0.05, 0.1) is 6.10 Å². The molecule has 2 aromatic carbocycles. The second-order valence-corrected chi connectivity index (χ2v) is 5.23. The Morgan fingerprint density at radius 3 is 2.71 bits per heavy atom. The van der Waals surface area contributed by atoms with Gasteiger partial charge in [0.1, 0.15) is 6.61 Å². The summed E-state index contributed by atoms with van der Waals surface area (Å²) >= 11 is 0. The number of aliphatic hydroxyl groups excluding tert-OH is 1. The van der Waals surface area contributed by atoms with E-state index in [1.807, 2.05) is 48.5 Å². The number of hydrogen-bond donors (Lipinski definition) is 2. The number of aliphatic hydroxyl groups is 1. The maximum Gasteiger partial charge on any atom is 0.411 e. The fraction of sp³-hybridized carbons (Fsp3) is 0.235. The summed E-state index contributed by atoms with van der Waals surface area (Å²) in [7, 11) is 0. The second kappa shape index (κ2) is 5.97. The molecule has 0 heterocycles. The lowest BCUT2D eigenvalue weighted by Gasteiger charge is -2.08. The van der Waals surface area contributed by atoms with E-state index in [9.17, 15) is 9.90 Å². The maximum atomic E-state index is 11.8. The van der Waals surface area contributed by atoms with E-state index < -0.39 is 6.09 Å². The van der Waals surface area contributed by atoms with Gasteiger partial charge in [-0.15, -0.1) is 0 Å². The van der Waals surface area contributed by atoms with Crippen molar-refractivity contribution in [1.29, 1.82) is 0 Å². The summed E-state index contributed by atoms with van der Waals surface area (Å²) in [5.74, 6) is 0. The van der Waals surface area contributed by atoms with Crippen molar-refractivity contribution in [3.05, 3.63) is 65.2 Å². The summed E-state index contributed by atoms with van der Waals surface area (Å²) in [6.45, 7) is 0.246. The molecule has 0 fully saturated rings. The predicted molar refractivity (Wildman–Crippen MR) is 80.1 cm³/mol. The minimum absolute atomic E-state index is 0.246. The van der Waals surface area contributed by atoms with Crippen LogP contribution in [-0.2, 0) is 24.2 Å². The lowest BCUT2D eigenvalue weighted by molar-refractivity contribution is 0.155. The van der Waals surface area contributed by atoms with E-state index in [2.05, 4.69) is 5.32 Å². The van der Waals surface area contributed by atoms with Crippen LogP contribution in [0.4, 0.5) is 10.5 Å². The molecule has 3 rings (SSSR count). The fourth-order valence-corrected chi connectivity index (χ4v) is 2.55. The molecule has 1 aliphatic carbocycles. The van der Waals surface area contributed by atoms with E-state index in [4.69, 9.17) is 4.74 Å². The number of fused-ring (bicyclic) bond motifs is 1. The number of anilines is 1. The zero-order valence-corrected chi connectivity index (χ0v) is 11.6. The van der Waals surface area contributed by atoms with Crippen LogP contribution in [0, 0.1) is 0 Å². The van der Waals surface area contributed by atoms with Crippen molar-refractivity contribution >= 4 is 11.8 Å². The van der Waals surface area contributed by atoms with Gasteiger partial charge in [0, 0.05) is 5.69 Å². The van der Waals surface area contributed by atoms with Gasteiger partial charge in [0.2, 0.25) is 0 Å². The zero-order valence-electron chi connectivity index (χ0n) is 11.6. The molecular weight excluding hydrogens is 266 g/mol. The highest BCUT2D eigenvalue weighted by Gasteiger charge is 2.19. The molecule has 1 unspecified atom stereocenters. The number of carbonyl (C=O) groups is 1. The largest absolute Gasteiger partial charge is 0.444 e. The predicted octanol–water partition coefficient (Wildman–Crippen LogP) is 2.89. The molecule has 21 heavy (non-hydrogen) atoms. The lowest BCUT2D eigenvalue weighted by Crippen LogP contribution is -2.13. The van der Waals surface area contributed by atoms with E-state index in [1.165, 1.54) is 0 Å². The third-order valence-electron chi connectivity index (χ3n) is 3.58. The molecule has 0 saturated heterocycles. The van der Waals surface area contributed by atoms with Crippen molar-refractivity contribution in [1.82, 2.24) is 0 Å². The minimum atomic E-state index is -0.475. The Morgan fingerprint density at radius 1 is 1.14 bits per heavy atom. The van der Waals surface area contributed by atoms with Crippen LogP contribution in [-0.4, -0.2) is 17.3 Å². The van der Waals surface area contributed by atoms with Crippen LogP contribution in [0.5, 0.6) is 0 Å². The fourth-order valence-electron chi connectivity index (χ4n) is 2.55. The molecule has 0 bridgehead atoms. The van der Waals surface area contributed by atoms with Gasteiger partial charge in [-0.1, -0.05) is 36.4 Å². The highest BCUT2D eigenvalue weighted by molar-refractivity contribution is 5.84. The van der Waals surface area contributed by atoms with Crippen molar-refractivity contribution in [2.75, 3.05) is 5.32 Å². The number of benzene rings is 2. The Kier molecular flexibility index (Phi) is 3.88. The summed E-state index contributed by atoms with van der Waals surface area (Å²) in [5, 5.41) is 12.3. The molecule has 4 heteroatoms. The summed E-state index contributed by atoms with van der Waals surface area (Å²) < 4.78 is 5.17. The highest BCUT2D eigenvalue weighted by atomic mass is 16.5. The Hall–Kier alpha value is -2.33. The van der Waals surface area contributed by atoms with Crippen molar-refractivity contribution in [3.8, 4) is 0 Å². The van der Waals surface area contributed by atoms with Crippen LogP contribution < -0.4 is 5.32 Å². The van der Waals surface area contributed by atoms with Crippen LogP contribution in [0.1, 0.15) is 16.7 Å². The smallest absolute Gasteiger partial charge is 0.411 e. The van der Waals surface area contributed by atoms with E-state index in [-0.39, 0.29) is 12.7 Å². The molecule has 1 amide bonds. The van der Waals surface area contributed by atoms with Gasteiger partial charge in [0.15, 0.2) is 0 Å². The van der Waals surface area contributed by atoms with Gasteiger partial charge in [-0.3, -0.25) is 5.32 Å². The number of amides is 1. The van der Waals surface area contributed by atoms with E-state index in [1.54, 1.807) is 0 Å². The molecule has 0 aliphatic heterocycles. The average molecular weight is 283 g/mol. The van der Waals surface area contributed by atoms with Gasteiger partial charge < -0.3 is 9.84 Å².